The van der Waals surface area contributed by atoms with Crippen LogP contribution in [0.1, 0.15) is 53.9 Å². The molecule has 2 rings (SSSR count). The standard InChI is InChI=1S/C19H34O3Si/c1-7-11-16(22-23(8-2,9-3)10-4)15-13-19(5,6)18-14(15)12-17(20)21-18/h7,14-16,18H,1,8-13H2,2-6H3/t14-,15-,16-,18-/m1/s1. The summed E-state index contributed by atoms with van der Waals surface area (Å²) in [5.41, 5.74) is 0.0547. The summed E-state index contributed by atoms with van der Waals surface area (Å²) >= 11 is 0. The van der Waals surface area contributed by atoms with Gasteiger partial charge in [-0.15, -0.1) is 6.58 Å². The number of hydrogen-bond donors (Lipinski definition) is 0. The number of carbonyl (C=O) groups is 1. The molecule has 0 aromatic carbocycles. The van der Waals surface area contributed by atoms with E-state index in [0.717, 1.165) is 31.0 Å². The van der Waals surface area contributed by atoms with Crippen molar-refractivity contribution in [3.05, 3.63) is 12.7 Å². The van der Waals surface area contributed by atoms with Crippen molar-refractivity contribution in [2.24, 2.45) is 17.3 Å². The molecule has 0 bridgehead atoms. The van der Waals surface area contributed by atoms with Crippen LogP contribution in [0.2, 0.25) is 18.1 Å². The van der Waals surface area contributed by atoms with Crippen LogP contribution in [0.25, 0.3) is 0 Å². The van der Waals surface area contributed by atoms with Gasteiger partial charge in [0, 0.05) is 11.3 Å². The highest BCUT2D eigenvalue weighted by atomic mass is 28.4. The molecule has 2 aliphatic rings. The molecule has 1 aliphatic heterocycles. The lowest BCUT2D eigenvalue weighted by Gasteiger charge is -2.37. The topological polar surface area (TPSA) is 35.5 Å². The van der Waals surface area contributed by atoms with Crippen molar-refractivity contribution in [2.45, 2.75) is 84.2 Å². The van der Waals surface area contributed by atoms with Crippen LogP contribution >= 0.6 is 0 Å². The zero-order valence-corrected chi connectivity index (χ0v) is 16.6. The van der Waals surface area contributed by atoms with Crippen LogP contribution in [0.5, 0.6) is 0 Å². The maximum Gasteiger partial charge on any atom is 0.306 e. The highest BCUT2D eigenvalue weighted by Gasteiger charge is 2.57. The Balaban J connectivity index is 2.23. The second-order valence-corrected chi connectivity index (χ2v) is 12.8. The van der Waals surface area contributed by atoms with Gasteiger partial charge in [-0.05, 0) is 36.9 Å². The molecule has 23 heavy (non-hydrogen) atoms. The van der Waals surface area contributed by atoms with E-state index in [1.807, 2.05) is 6.08 Å². The van der Waals surface area contributed by atoms with E-state index < -0.39 is 8.32 Å². The molecule has 132 valence electrons. The number of ether oxygens (including phenoxy) is 1. The Morgan fingerprint density at radius 2 is 1.96 bits per heavy atom. The van der Waals surface area contributed by atoms with E-state index in [-0.39, 0.29) is 23.6 Å². The van der Waals surface area contributed by atoms with Gasteiger partial charge in [-0.3, -0.25) is 4.79 Å². The largest absolute Gasteiger partial charge is 0.461 e. The van der Waals surface area contributed by atoms with Gasteiger partial charge in [0.05, 0.1) is 12.5 Å². The predicted octanol–water partition coefficient (Wildman–Crippen LogP) is 4.93. The van der Waals surface area contributed by atoms with Gasteiger partial charge in [0.25, 0.3) is 0 Å². The lowest BCUT2D eigenvalue weighted by molar-refractivity contribution is -0.145. The maximum absolute atomic E-state index is 11.8. The van der Waals surface area contributed by atoms with Crippen molar-refractivity contribution in [3.63, 3.8) is 0 Å². The van der Waals surface area contributed by atoms with Crippen molar-refractivity contribution in [1.82, 2.24) is 0 Å². The monoisotopic (exact) mass is 338 g/mol. The molecule has 0 unspecified atom stereocenters. The normalized spacial score (nSPS) is 30.8. The summed E-state index contributed by atoms with van der Waals surface area (Å²) in [5, 5.41) is 0. The van der Waals surface area contributed by atoms with E-state index in [4.69, 9.17) is 9.16 Å². The van der Waals surface area contributed by atoms with Gasteiger partial charge in [-0.25, -0.2) is 0 Å². The molecule has 0 N–H and O–H groups in total. The van der Waals surface area contributed by atoms with Gasteiger partial charge >= 0.3 is 5.97 Å². The molecule has 1 saturated heterocycles. The Morgan fingerprint density at radius 1 is 1.35 bits per heavy atom. The molecule has 0 aromatic rings. The molecule has 0 radical (unpaired) electrons. The highest BCUT2D eigenvalue weighted by Crippen LogP contribution is 2.54. The number of carbonyl (C=O) groups excluding carboxylic acids is 1. The second-order valence-electron chi connectivity index (χ2n) is 8.06. The molecule has 3 nitrogen and oxygen atoms in total. The minimum Gasteiger partial charge on any atom is -0.461 e. The van der Waals surface area contributed by atoms with Gasteiger partial charge in [0.15, 0.2) is 8.32 Å². The second kappa shape index (κ2) is 7.10. The van der Waals surface area contributed by atoms with E-state index >= 15 is 0 Å². The Kier molecular flexibility index (Phi) is 5.78. The van der Waals surface area contributed by atoms with Gasteiger partial charge < -0.3 is 9.16 Å². The number of fused-ring (bicyclic) bond motifs is 1. The third-order valence-electron chi connectivity index (χ3n) is 6.34. The van der Waals surface area contributed by atoms with Gasteiger partial charge in [0.1, 0.15) is 6.10 Å². The minimum absolute atomic E-state index is 0.0277. The average molecular weight is 339 g/mol. The molecule has 0 amide bonds. The van der Waals surface area contributed by atoms with E-state index in [1.54, 1.807) is 0 Å². The van der Waals surface area contributed by atoms with E-state index in [9.17, 15) is 4.79 Å². The summed E-state index contributed by atoms with van der Waals surface area (Å²) in [5.74, 6) is 0.704. The SMILES string of the molecule is C=CC[C@@H](O[Si](CC)(CC)CC)[C@@H]1CC(C)(C)[C@@H]2OC(=O)C[C@H]12. The Bertz CT molecular complexity index is 434. The highest BCUT2D eigenvalue weighted by molar-refractivity contribution is 6.73. The Hall–Kier alpha value is -0.613. The minimum atomic E-state index is -1.67. The van der Waals surface area contributed by atoms with Crippen molar-refractivity contribution in [1.29, 1.82) is 0 Å². The van der Waals surface area contributed by atoms with Gasteiger partial charge in [-0.2, -0.15) is 0 Å². The zero-order valence-electron chi connectivity index (χ0n) is 15.6. The molecule has 1 aliphatic carbocycles. The number of rotatable bonds is 8. The van der Waals surface area contributed by atoms with Gasteiger partial charge in [-0.1, -0.05) is 40.7 Å². The molecule has 0 spiro atoms. The summed E-state index contributed by atoms with van der Waals surface area (Å²) in [6, 6.07) is 3.48. The fourth-order valence-corrected chi connectivity index (χ4v) is 7.68. The van der Waals surface area contributed by atoms with Crippen molar-refractivity contribution in [3.8, 4) is 0 Å². The summed E-state index contributed by atoms with van der Waals surface area (Å²) < 4.78 is 12.5. The average Bonchev–Trinajstić information content (AvgIpc) is 3.02. The first kappa shape index (κ1) is 18.7. The summed E-state index contributed by atoms with van der Waals surface area (Å²) in [4.78, 5) is 11.8. The molecule has 1 saturated carbocycles. The number of hydrogen-bond acceptors (Lipinski definition) is 3. The molecular formula is C19H34O3Si. The Labute approximate surface area is 142 Å². The van der Waals surface area contributed by atoms with Crippen LogP contribution in [0.4, 0.5) is 0 Å². The lowest BCUT2D eigenvalue weighted by atomic mass is 9.87. The predicted molar refractivity (Wildman–Crippen MR) is 96.8 cm³/mol. The summed E-state index contributed by atoms with van der Waals surface area (Å²) in [6.45, 7) is 15.2. The molecule has 4 atom stereocenters. The molecule has 4 heteroatoms. The molecule has 2 fully saturated rings. The quantitative estimate of drug-likeness (QED) is 0.357. The van der Waals surface area contributed by atoms with Crippen LogP contribution in [-0.4, -0.2) is 26.5 Å². The third kappa shape index (κ3) is 3.58. The fourth-order valence-electron chi connectivity index (χ4n) is 4.77. The molecule has 1 heterocycles. The first-order valence-electron chi connectivity index (χ1n) is 9.30. The first-order chi connectivity index (χ1) is 10.8. The van der Waals surface area contributed by atoms with Crippen LogP contribution in [0.3, 0.4) is 0 Å². The van der Waals surface area contributed by atoms with Crippen molar-refractivity contribution < 1.29 is 14.0 Å². The van der Waals surface area contributed by atoms with E-state index in [2.05, 4.69) is 41.2 Å². The van der Waals surface area contributed by atoms with E-state index in [0.29, 0.717) is 18.3 Å². The number of esters is 1. The van der Waals surface area contributed by atoms with Crippen LogP contribution < -0.4 is 0 Å². The maximum atomic E-state index is 11.8. The smallest absolute Gasteiger partial charge is 0.306 e. The molecule has 0 aromatic heterocycles. The lowest BCUT2D eigenvalue weighted by Crippen LogP contribution is -2.43. The van der Waals surface area contributed by atoms with Gasteiger partial charge in [0.2, 0.25) is 0 Å². The van der Waals surface area contributed by atoms with Crippen molar-refractivity contribution in [2.75, 3.05) is 0 Å². The van der Waals surface area contributed by atoms with E-state index in [1.165, 1.54) is 0 Å². The summed E-state index contributed by atoms with van der Waals surface area (Å²) in [7, 11) is -1.67. The fraction of sp³-hybridized carbons (Fsp3) is 0.842. The third-order valence-corrected chi connectivity index (χ3v) is 11.0. The Morgan fingerprint density at radius 3 is 2.48 bits per heavy atom. The van der Waals surface area contributed by atoms with Crippen molar-refractivity contribution >= 4 is 14.3 Å². The van der Waals surface area contributed by atoms with Crippen LogP contribution in [-0.2, 0) is 14.0 Å². The molecular weight excluding hydrogens is 304 g/mol. The van der Waals surface area contributed by atoms with Crippen LogP contribution in [0.15, 0.2) is 12.7 Å². The zero-order chi connectivity index (χ0) is 17.3. The van der Waals surface area contributed by atoms with Crippen LogP contribution in [0, 0.1) is 17.3 Å². The first-order valence-corrected chi connectivity index (χ1v) is 11.8. The summed E-state index contributed by atoms with van der Waals surface area (Å²) in [6.07, 6.45) is 4.78.